The molecular weight excluding hydrogens is 390 g/mol. The zero-order valence-corrected chi connectivity index (χ0v) is 17.9. The predicted molar refractivity (Wildman–Crippen MR) is 111 cm³/mol. The van der Waals surface area contributed by atoms with Crippen LogP contribution in [0.3, 0.4) is 0 Å². The fourth-order valence-electron chi connectivity index (χ4n) is 3.02. The lowest BCUT2D eigenvalue weighted by Gasteiger charge is -2.21. The van der Waals surface area contributed by atoms with E-state index in [1.54, 1.807) is 18.5 Å². The molecule has 0 N–H and O–H groups in total. The van der Waals surface area contributed by atoms with Gasteiger partial charge in [0.05, 0.1) is 6.42 Å². The number of ether oxygens (including phenoxy) is 1. The molecule has 0 aliphatic carbocycles. The Kier molecular flexibility index (Phi) is 6.17. The van der Waals surface area contributed by atoms with Crippen molar-refractivity contribution in [1.29, 1.82) is 0 Å². The van der Waals surface area contributed by atoms with Crippen molar-refractivity contribution in [1.82, 2.24) is 19.6 Å². The van der Waals surface area contributed by atoms with E-state index in [2.05, 4.69) is 15.1 Å². The Morgan fingerprint density at radius 3 is 2.55 bits per heavy atom. The molecule has 0 spiro atoms. The maximum Gasteiger partial charge on any atom is 0.311 e. The van der Waals surface area contributed by atoms with Gasteiger partial charge in [-0.2, -0.15) is 4.98 Å². The summed E-state index contributed by atoms with van der Waals surface area (Å²) in [7, 11) is 1.65. The van der Waals surface area contributed by atoms with E-state index in [1.165, 1.54) is 16.7 Å². The van der Waals surface area contributed by atoms with Gasteiger partial charge in [-0.25, -0.2) is 9.50 Å². The van der Waals surface area contributed by atoms with Gasteiger partial charge in [0.15, 0.2) is 6.10 Å². The smallest absolute Gasteiger partial charge is 0.311 e. The number of hydrogen-bond acceptors (Lipinski definition) is 7. The van der Waals surface area contributed by atoms with Gasteiger partial charge in [0, 0.05) is 29.7 Å². The number of benzene rings is 1. The highest BCUT2D eigenvalue weighted by molar-refractivity contribution is 7.98. The highest BCUT2D eigenvalue weighted by Gasteiger charge is 2.24. The lowest BCUT2D eigenvalue weighted by atomic mass is 10.1. The SMILES string of the molecule is CSc1nc2nc(C)c(CC(=O)OC(C)C(=O)N(C)c3ccccc3)c(C)n2n1. The van der Waals surface area contributed by atoms with Crippen molar-refractivity contribution in [3.8, 4) is 0 Å². The third kappa shape index (κ3) is 4.40. The molecule has 3 rings (SSSR count). The van der Waals surface area contributed by atoms with Crippen molar-refractivity contribution < 1.29 is 14.3 Å². The zero-order valence-electron chi connectivity index (χ0n) is 17.0. The average molecular weight is 414 g/mol. The molecule has 29 heavy (non-hydrogen) atoms. The summed E-state index contributed by atoms with van der Waals surface area (Å²) in [4.78, 5) is 35.3. The van der Waals surface area contributed by atoms with Crippen LogP contribution in [-0.2, 0) is 20.7 Å². The molecule has 0 fully saturated rings. The molecule has 0 aliphatic rings. The Balaban J connectivity index is 1.72. The molecule has 1 amide bonds. The van der Waals surface area contributed by atoms with Crippen LogP contribution in [-0.4, -0.2) is 50.9 Å². The van der Waals surface area contributed by atoms with Crippen molar-refractivity contribution in [3.63, 3.8) is 0 Å². The first-order valence-electron chi connectivity index (χ1n) is 9.10. The van der Waals surface area contributed by atoms with Gasteiger partial charge in [-0.15, -0.1) is 5.10 Å². The van der Waals surface area contributed by atoms with Crippen molar-refractivity contribution in [2.45, 2.75) is 38.5 Å². The third-order valence-corrected chi connectivity index (χ3v) is 5.20. The van der Waals surface area contributed by atoms with Crippen LogP contribution in [0, 0.1) is 13.8 Å². The van der Waals surface area contributed by atoms with E-state index in [-0.39, 0.29) is 12.3 Å². The van der Waals surface area contributed by atoms with Crippen molar-refractivity contribution in [2.24, 2.45) is 0 Å². The molecule has 0 bridgehead atoms. The number of carbonyl (C=O) groups excluding carboxylic acids is 2. The summed E-state index contributed by atoms with van der Waals surface area (Å²) in [5.74, 6) is -0.299. The van der Waals surface area contributed by atoms with Crippen LogP contribution in [0.4, 0.5) is 5.69 Å². The summed E-state index contributed by atoms with van der Waals surface area (Å²) < 4.78 is 7.02. The number of aromatic nitrogens is 4. The average Bonchev–Trinajstić information content (AvgIpc) is 3.13. The highest BCUT2D eigenvalue weighted by Crippen LogP contribution is 2.18. The molecular formula is C20H23N5O3S. The molecule has 2 aromatic heterocycles. The number of aryl methyl sites for hydroxylation is 2. The number of thioether (sulfide) groups is 1. The maximum atomic E-state index is 12.6. The molecule has 1 atom stereocenters. The molecule has 2 heterocycles. The molecule has 9 heteroatoms. The first-order chi connectivity index (χ1) is 13.8. The van der Waals surface area contributed by atoms with Gasteiger partial charge in [-0.1, -0.05) is 30.0 Å². The Morgan fingerprint density at radius 2 is 1.90 bits per heavy atom. The number of carbonyl (C=O) groups is 2. The Labute approximate surface area is 173 Å². The van der Waals surface area contributed by atoms with Crippen LogP contribution in [0.25, 0.3) is 5.78 Å². The van der Waals surface area contributed by atoms with E-state index in [9.17, 15) is 9.59 Å². The first-order valence-corrected chi connectivity index (χ1v) is 10.3. The number of fused-ring (bicyclic) bond motifs is 1. The second-order valence-electron chi connectivity index (χ2n) is 6.61. The minimum atomic E-state index is -0.903. The van der Waals surface area contributed by atoms with E-state index >= 15 is 0 Å². The number of amides is 1. The highest BCUT2D eigenvalue weighted by atomic mass is 32.2. The van der Waals surface area contributed by atoms with Crippen molar-refractivity contribution in [3.05, 3.63) is 47.3 Å². The Bertz CT molecular complexity index is 1050. The topological polar surface area (TPSA) is 89.7 Å². The Morgan fingerprint density at radius 1 is 1.21 bits per heavy atom. The van der Waals surface area contributed by atoms with Gasteiger partial charge in [0.2, 0.25) is 5.16 Å². The minimum Gasteiger partial charge on any atom is -0.452 e. The van der Waals surface area contributed by atoms with Crippen LogP contribution < -0.4 is 4.90 Å². The molecule has 8 nitrogen and oxygen atoms in total. The van der Waals surface area contributed by atoms with Crippen LogP contribution >= 0.6 is 11.8 Å². The monoisotopic (exact) mass is 413 g/mol. The van der Waals surface area contributed by atoms with Gasteiger partial charge < -0.3 is 9.64 Å². The van der Waals surface area contributed by atoms with Crippen molar-refractivity contribution in [2.75, 3.05) is 18.2 Å². The van der Waals surface area contributed by atoms with Crippen LogP contribution in [0.1, 0.15) is 23.9 Å². The van der Waals surface area contributed by atoms with Crippen molar-refractivity contribution >= 4 is 35.1 Å². The zero-order chi connectivity index (χ0) is 21.1. The van der Waals surface area contributed by atoms with Gasteiger partial charge >= 0.3 is 5.97 Å². The fourth-order valence-corrected chi connectivity index (χ4v) is 3.35. The molecule has 0 saturated carbocycles. The number of rotatable bonds is 6. The van der Waals surface area contributed by atoms with Crippen LogP contribution in [0.15, 0.2) is 35.5 Å². The lowest BCUT2D eigenvalue weighted by Crippen LogP contribution is -2.37. The Hall–Kier alpha value is -2.94. The van der Waals surface area contributed by atoms with Gasteiger partial charge in [-0.3, -0.25) is 9.59 Å². The number of likely N-dealkylation sites (N-methyl/N-ethyl adjacent to an activating group) is 1. The number of esters is 1. The third-order valence-electron chi connectivity index (χ3n) is 4.66. The molecule has 3 aromatic rings. The van der Waals surface area contributed by atoms with E-state index < -0.39 is 12.1 Å². The second kappa shape index (κ2) is 8.60. The molecule has 0 aliphatic heterocycles. The van der Waals surface area contributed by atoms with Crippen LogP contribution in [0.5, 0.6) is 0 Å². The summed E-state index contributed by atoms with van der Waals surface area (Å²) in [6.07, 6.45) is 0.987. The quantitative estimate of drug-likeness (QED) is 0.453. The van der Waals surface area contributed by atoms with E-state index in [0.29, 0.717) is 16.6 Å². The summed E-state index contributed by atoms with van der Waals surface area (Å²) in [6, 6.07) is 9.20. The largest absolute Gasteiger partial charge is 0.452 e. The number of anilines is 1. The number of hydrogen-bond donors (Lipinski definition) is 0. The second-order valence-corrected chi connectivity index (χ2v) is 7.39. The molecule has 152 valence electrons. The van der Waals surface area contributed by atoms with E-state index in [0.717, 1.165) is 16.9 Å². The summed E-state index contributed by atoms with van der Waals surface area (Å²) >= 11 is 1.42. The fraction of sp³-hybridized carbons (Fsp3) is 0.350. The maximum absolute atomic E-state index is 12.6. The lowest BCUT2D eigenvalue weighted by molar-refractivity contribution is -0.153. The summed E-state index contributed by atoms with van der Waals surface area (Å²) in [5.41, 5.74) is 2.92. The summed E-state index contributed by atoms with van der Waals surface area (Å²) in [6.45, 7) is 5.25. The normalized spacial score (nSPS) is 12.0. The summed E-state index contributed by atoms with van der Waals surface area (Å²) in [5, 5.41) is 4.99. The predicted octanol–water partition coefficient (Wildman–Crippen LogP) is 2.60. The number of para-hydroxylation sites is 1. The molecule has 0 radical (unpaired) electrons. The van der Waals surface area contributed by atoms with Gasteiger partial charge in [0.1, 0.15) is 0 Å². The number of nitrogens with zero attached hydrogens (tertiary/aromatic N) is 5. The first kappa shape index (κ1) is 20.8. The molecule has 1 unspecified atom stereocenters. The van der Waals surface area contributed by atoms with Gasteiger partial charge in [-0.05, 0) is 39.2 Å². The minimum absolute atomic E-state index is 0.00173. The van der Waals surface area contributed by atoms with E-state index in [1.807, 2.05) is 50.4 Å². The van der Waals surface area contributed by atoms with Gasteiger partial charge in [0.25, 0.3) is 11.7 Å². The molecule has 0 saturated heterocycles. The standard InChI is InChI=1S/C20H23N5O3S/c1-12-16(13(2)25-19(21-12)22-20(23-25)29-5)11-17(26)28-14(3)18(27)24(4)15-9-7-6-8-10-15/h6-10,14H,11H2,1-5H3. The van der Waals surface area contributed by atoms with E-state index in [4.69, 9.17) is 4.74 Å². The van der Waals surface area contributed by atoms with Crippen LogP contribution in [0.2, 0.25) is 0 Å². The molecule has 1 aromatic carbocycles.